The van der Waals surface area contributed by atoms with Crippen molar-refractivity contribution >= 4 is 29.0 Å². The van der Waals surface area contributed by atoms with Crippen LogP contribution < -0.4 is 10.5 Å². The van der Waals surface area contributed by atoms with Gasteiger partial charge in [-0.2, -0.15) is 0 Å². The third-order valence-corrected chi connectivity index (χ3v) is 6.78. The van der Waals surface area contributed by atoms with E-state index in [1.165, 1.54) is 0 Å². The number of hydrogen-bond donors (Lipinski definition) is 2. The minimum Gasteiger partial charge on any atom is -0.482 e. The van der Waals surface area contributed by atoms with Crippen LogP contribution in [0.2, 0.25) is 10.0 Å². The van der Waals surface area contributed by atoms with Crippen LogP contribution >= 0.6 is 23.2 Å². The van der Waals surface area contributed by atoms with Crippen molar-refractivity contribution in [1.82, 2.24) is 9.97 Å². The van der Waals surface area contributed by atoms with Gasteiger partial charge < -0.3 is 25.1 Å². The lowest BCUT2D eigenvalue weighted by atomic mass is 9.96. The highest BCUT2D eigenvalue weighted by Crippen LogP contribution is 2.38. The summed E-state index contributed by atoms with van der Waals surface area (Å²) < 4.78 is 17.5. The Kier molecular flexibility index (Phi) is 6.16. The molecule has 0 unspecified atom stereocenters. The fourth-order valence-electron chi connectivity index (χ4n) is 4.38. The first kappa shape index (κ1) is 22.4. The van der Waals surface area contributed by atoms with Crippen LogP contribution in [0.1, 0.15) is 30.2 Å². The molecule has 5 rings (SSSR count). The minimum absolute atomic E-state index is 0.00847. The molecule has 2 saturated heterocycles. The van der Waals surface area contributed by atoms with E-state index in [0.29, 0.717) is 34.6 Å². The first-order valence-corrected chi connectivity index (χ1v) is 11.4. The maximum absolute atomic E-state index is 9.96. The number of anilines is 1. The molecule has 33 heavy (non-hydrogen) atoms. The fraction of sp³-hybridized carbons (Fsp3) is 0.333. The van der Waals surface area contributed by atoms with Gasteiger partial charge in [-0.15, -0.1) is 0 Å². The summed E-state index contributed by atoms with van der Waals surface area (Å²) in [6.45, 7) is 2.62. The van der Waals surface area contributed by atoms with Gasteiger partial charge >= 0.3 is 0 Å². The number of nitrogens with zero attached hydrogens (tertiary/aromatic N) is 2. The predicted molar refractivity (Wildman–Crippen MR) is 126 cm³/mol. The van der Waals surface area contributed by atoms with Crippen LogP contribution in [-0.2, 0) is 9.47 Å². The third kappa shape index (κ3) is 4.27. The molecule has 2 aliphatic rings. The van der Waals surface area contributed by atoms with Gasteiger partial charge in [-0.05, 0) is 31.2 Å². The van der Waals surface area contributed by atoms with Crippen molar-refractivity contribution in [3.8, 4) is 16.9 Å². The molecule has 0 aliphatic carbocycles. The molecule has 4 heterocycles. The molecule has 0 saturated carbocycles. The van der Waals surface area contributed by atoms with E-state index in [4.69, 9.17) is 43.1 Å². The van der Waals surface area contributed by atoms with Crippen molar-refractivity contribution in [3.63, 3.8) is 0 Å². The molecular weight excluding hydrogens is 465 g/mol. The molecule has 9 heteroatoms. The summed E-state index contributed by atoms with van der Waals surface area (Å²) in [7, 11) is 0. The van der Waals surface area contributed by atoms with Gasteiger partial charge in [-0.1, -0.05) is 35.3 Å². The molecule has 172 valence electrons. The second kappa shape index (κ2) is 9.08. The summed E-state index contributed by atoms with van der Waals surface area (Å²) in [6, 6.07) is 11.1. The average Bonchev–Trinajstić information content (AvgIpc) is 3.38. The van der Waals surface area contributed by atoms with E-state index in [1.807, 2.05) is 25.1 Å². The van der Waals surface area contributed by atoms with E-state index >= 15 is 0 Å². The summed E-state index contributed by atoms with van der Waals surface area (Å²) >= 11 is 12.6. The molecule has 0 radical (unpaired) electrons. The van der Waals surface area contributed by atoms with Gasteiger partial charge in [0.15, 0.2) is 11.6 Å². The first-order valence-electron chi connectivity index (χ1n) is 10.7. The number of nitrogens with two attached hydrogens (primary N) is 1. The number of aromatic nitrogens is 2. The standard InChI is InChI=1S/C24H23Cl2N3O4/c1-12(21-16(25)3-2-4-17(21)26)33-20-7-14(9-29-24(20)27)13-5-6-18(28-8-13)15-10-31-23-19(30)11-32-22(15)23/h2-9,12,15,19,22-23,30H,10-11H2,1H3,(H2,27,29)/t12-,15+,19+,22+,23+/m0/s1. The van der Waals surface area contributed by atoms with Crippen molar-refractivity contribution in [3.05, 3.63) is 70.1 Å². The van der Waals surface area contributed by atoms with Gasteiger partial charge in [0, 0.05) is 44.8 Å². The lowest BCUT2D eigenvalue weighted by molar-refractivity contribution is 0.0181. The zero-order valence-corrected chi connectivity index (χ0v) is 19.3. The Bertz CT molecular complexity index is 1140. The highest BCUT2D eigenvalue weighted by molar-refractivity contribution is 6.36. The Morgan fingerprint density at radius 3 is 2.48 bits per heavy atom. The molecule has 0 bridgehead atoms. The van der Waals surface area contributed by atoms with Crippen LogP contribution in [0.5, 0.6) is 5.75 Å². The van der Waals surface area contributed by atoms with Crippen LogP contribution in [0.4, 0.5) is 5.82 Å². The second-order valence-corrected chi connectivity index (χ2v) is 9.06. The summed E-state index contributed by atoms with van der Waals surface area (Å²) in [6.07, 6.45) is 1.99. The largest absolute Gasteiger partial charge is 0.482 e. The lowest BCUT2D eigenvalue weighted by Gasteiger charge is -2.19. The number of halogens is 2. The number of hydrogen-bond acceptors (Lipinski definition) is 7. The number of ether oxygens (including phenoxy) is 3. The van der Waals surface area contributed by atoms with Crippen LogP contribution in [-0.4, -0.2) is 46.6 Å². The molecular formula is C24H23Cl2N3O4. The quantitative estimate of drug-likeness (QED) is 0.549. The van der Waals surface area contributed by atoms with Gasteiger partial charge in [0.25, 0.3) is 0 Å². The van der Waals surface area contributed by atoms with Gasteiger partial charge in [0.05, 0.1) is 25.2 Å². The minimum atomic E-state index is -0.582. The van der Waals surface area contributed by atoms with Crippen LogP contribution in [0, 0.1) is 0 Å². The van der Waals surface area contributed by atoms with Gasteiger partial charge in [0.2, 0.25) is 0 Å². The van der Waals surface area contributed by atoms with Crippen molar-refractivity contribution in [1.29, 1.82) is 0 Å². The fourth-order valence-corrected chi connectivity index (χ4v) is 5.09. The zero-order chi connectivity index (χ0) is 23.1. The molecule has 3 aromatic rings. The van der Waals surface area contributed by atoms with Crippen molar-refractivity contribution < 1.29 is 19.3 Å². The van der Waals surface area contributed by atoms with Gasteiger partial charge in [-0.3, -0.25) is 4.98 Å². The van der Waals surface area contributed by atoms with E-state index in [0.717, 1.165) is 16.8 Å². The van der Waals surface area contributed by atoms with Crippen LogP contribution in [0.3, 0.4) is 0 Å². The number of benzene rings is 1. The number of aliphatic hydroxyl groups is 1. The summed E-state index contributed by atoms with van der Waals surface area (Å²) in [5.41, 5.74) is 9.30. The number of rotatable bonds is 5. The topological polar surface area (TPSA) is 99.7 Å². The Hall–Kier alpha value is -2.42. The Labute approximate surface area is 201 Å². The van der Waals surface area contributed by atoms with E-state index < -0.39 is 12.2 Å². The maximum Gasteiger partial charge on any atom is 0.166 e. The predicted octanol–water partition coefficient (Wildman–Crippen LogP) is 4.41. The first-order chi connectivity index (χ1) is 15.9. The summed E-state index contributed by atoms with van der Waals surface area (Å²) in [4.78, 5) is 8.92. The lowest BCUT2D eigenvalue weighted by Crippen LogP contribution is -2.28. The number of nitrogen functional groups attached to an aromatic ring is 1. The highest BCUT2D eigenvalue weighted by atomic mass is 35.5. The highest BCUT2D eigenvalue weighted by Gasteiger charge is 2.48. The van der Waals surface area contributed by atoms with E-state index in [1.54, 1.807) is 30.6 Å². The van der Waals surface area contributed by atoms with Gasteiger partial charge in [-0.25, -0.2) is 4.98 Å². The van der Waals surface area contributed by atoms with E-state index in [-0.39, 0.29) is 23.9 Å². The molecule has 3 N–H and O–H groups in total. The van der Waals surface area contributed by atoms with Crippen molar-refractivity contribution in [2.45, 2.75) is 37.3 Å². The monoisotopic (exact) mass is 487 g/mol. The molecule has 2 aliphatic heterocycles. The smallest absolute Gasteiger partial charge is 0.166 e. The molecule has 0 amide bonds. The second-order valence-electron chi connectivity index (χ2n) is 8.24. The average molecular weight is 488 g/mol. The third-order valence-electron chi connectivity index (χ3n) is 6.12. The van der Waals surface area contributed by atoms with Crippen LogP contribution in [0.25, 0.3) is 11.1 Å². The SMILES string of the molecule is C[C@H](Oc1cc(-c2ccc([C@H]3CO[C@H]4[C@@H]3OC[C@H]4O)nc2)cnc1N)c1c(Cl)cccc1Cl. The number of aliphatic hydroxyl groups excluding tert-OH is 1. The van der Waals surface area contributed by atoms with E-state index in [2.05, 4.69) is 9.97 Å². The summed E-state index contributed by atoms with van der Waals surface area (Å²) in [5, 5.41) is 11.0. The normalized spacial score (nSPS) is 25.1. The molecule has 5 atom stereocenters. The number of pyridine rings is 2. The Morgan fingerprint density at radius 2 is 1.76 bits per heavy atom. The van der Waals surface area contributed by atoms with Crippen molar-refractivity contribution in [2.75, 3.05) is 18.9 Å². The van der Waals surface area contributed by atoms with E-state index in [9.17, 15) is 5.11 Å². The van der Waals surface area contributed by atoms with Crippen LogP contribution in [0.15, 0.2) is 48.8 Å². The Morgan fingerprint density at radius 1 is 1.03 bits per heavy atom. The summed E-state index contributed by atoms with van der Waals surface area (Å²) in [5.74, 6) is 0.690. The maximum atomic E-state index is 9.96. The van der Waals surface area contributed by atoms with Crippen molar-refractivity contribution in [2.24, 2.45) is 0 Å². The molecule has 7 nitrogen and oxygen atoms in total. The molecule has 1 aromatic carbocycles. The zero-order valence-electron chi connectivity index (χ0n) is 17.8. The molecule has 2 fully saturated rings. The van der Waals surface area contributed by atoms with Gasteiger partial charge in [0.1, 0.15) is 18.3 Å². The molecule has 0 spiro atoms. The molecule has 2 aromatic heterocycles. The number of fused-ring (bicyclic) bond motifs is 1. The Balaban J connectivity index is 1.36.